The molecule has 2 aromatic carbocycles. The molecule has 0 atom stereocenters. The molecule has 0 bridgehead atoms. The van der Waals surface area contributed by atoms with Crippen molar-refractivity contribution < 1.29 is 19.2 Å². The monoisotopic (exact) mass is 377 g/mol. The van der Waals surface area contributed by atoms with Crippen LogP contribution in [0.2, 0.25) is 5.02 Å². The van der Waals surface area contributed by atoms with Crippen LogP contribution >= 0.6 is 11.6 Å². The average Bonchev–Trinajstić information content (AvgIpc) is 2.60. The van der Waals surface area contributed by atoms with Crippen LogP contribution < -0.4 is 10.1 Å². The Labute approximate surface area is 154 Å². The highest BCUT2D eigenvalue weighted by atomic mass is 35.5. The Morgan fingerprint density at radius 2 is 1.85 bits per heavy atom. The molecule has 0 saturated heterocycles. The molecule has 0 aliphatic carbocycles. The molecule has 0 aromatic heterocycles. The summed E-state index contributed by atoms with van der Waals surface area (Å²) in [5, 5.41) is 13.3. The highest BCUT2D eigenvalue weighted by molar-refractivity contribution is 6.32. The highest BCUT2D eigenvalue weighted by Gasteiger charge is 2.12. The summed E-state index contributed by atoms with van der Waals surface area (Å²) >= 11 is 5.89. The van der Waals surface area contributed by atoms with Crippen LogP contribution in [-0.4, -0.2) is 42.3 Å². The van der Waals surface area contributed by atoms with Gasteiger partial charge in [-0.25, -0.2) is 0 Å². The topological polar surface area (TPSA) is 102 Å². The van der Waals surface area contributed by atoms with E-state index in [0.29, 0.717) is 11.3 Å². The van der Waals surface area contributed by atoms with Crippen molar-refractivity contribution in [1.82, 2.24) is 4.90 Å². The van der Waals surface area contributed by atoms with E-state index in [1.54, 1.807) is 38.4 Å². The van der Waals surface area contributed by atoms with Crippen molar-refractivity contribution in [2.45, 2.75) is 0 Å². The third-order valence-electron chi connectivity index (χ3n) is 3.31. The molecule has 0 spiro atoms. The summed E-state index contributed by atoms with van der Waals surface area (Å²) in [7, 11) is 3.30. The molecule has 0 aliphatic rings. The standard InChI is InChI=1S/C17H16ClN3O5/c1-20(2)17(23)11-3-5-12(6-4-11)19-16(22)10-26-15-8-7-13(21(24)25)9-14(15)18/h3-9H,10H2,1-2H3,(H,19,22). The second kappa shape index (κ2) is 8.30. The SMILES string of the molecule is CN(C)C(=O)c1ccc(NC(=O)COc2ccc([N+](=O)[O-])cc2Cl)cc1. The van der Waals surface area contributed by atoms with Crippen LogP contribution in [0.1, 0.15) is 10.4 Å². The number of nitro benzene ring substituents is 1. The van der Waals surface area contributed by atoms with E-state index in [1.165, 1.54) is 17.0 Å². The van der Waals surface area contributed by atoms with Crippen molar-refractivity contribution in [2.75, 3.05) is 26.0 Å². The number of anilines is 1. The molecule has 8 nitrogen and oxygen atoms in total. The van der Waals surface area contributed by atoms with Crippen LogP contribution in [0.3, 0.4) is 0 Å². The van der Waals surface area contributed by atoms with Crippen molar-refractivity contribution >= 4 is 34.8 Å². The van der Waals surface area contributed by atoms with E-state index in [1.807, 2.05) is 0 Å². The second-order valence-corrected chi connectivity index (χ2v) is 5.89. The second-order valence-electron chi connectivity index (χ2n) is 5.49. The molecule has 2 amide bonds. The van der Waals surface area contributed by atoms with Gasteiger partial charge < -0.3 is 15.0 Å². The number of nitrogens with one attached hydrogen (secondary N) is 1. The molecule has 26 heavy (non-hydrogen) atoms. The van der Waals surface area contributed by atoms with Gasteiger partial charge >= 0.3 is 0 Å². The summed E-state index contributed by atoms with van der Waals surface area (Å²) in [5.74, 6) is -0.413. The zero-order valence-corrected chi connectivity index (χ0v) is 14.8. The Morgan fingerprint density at radius 3 is 2.38 bits per heavy atom. The van der Waals surface area contributed by atoms with Gasteiger partial charge in [0.2, 0.25) is 0 Å². The van der Waals surface area contributed by atoms with Gasteiger partial charge in [0.1, 0.15) is 5.75 Å². The van der Waals surface area contributed by atoms with Gasteiger partial charge in [-0.3, -0.25) is 19.7 Å². The van der Waals surface area contributed by atoms with Gasteiger partial charge in [-0.1, -0.05) is 11.6 Å². The first-order valence-corrected chi connectivity index (χ1v) is 7.84. The molecule has 0 radical (unpaired) electrons. The minimum Gasteiger partial charge on any atom is -0.482 e. The van der Waals surface area contributed by atoms with Crippen LogP contribution in [0.15, 0.2) is 42.5 Å². The maximum atomic E-state index is 11.9. The number of hydrogen-bond donors (Lipinski definition) is 1. The molecule has 0 aliphatic heterocycles. The summed E-state index contributed by atoms with van der Waals surface area (Å²) in [6.07, 6.45) is 0. The Kier molecular flexibility index (Phi) is 6.13. The Morgan fingerprint density at radius 1 is 1.19 bits per heavy atom. The number of nitro groups is 1. The van der Waals surface area contributed by atoms with Crippen LogP contribution in [0.5, 0.6) is 5.75 Å². The number of rotatable bonds is 6. The first kappa shape index (κ1) is 19.2. The lowest BCUT2D eigenvalue weighted by molar-refractivity contribution is -0.384. The van der Waals surface area contributed by atoms with E-state index < -0.39 is 10.8 Å². The summed E-state index contributed by atoms with van der Waals surface area (Å²) in [6.45, 7) is -0.324. The smallest absolute Gasteiger partial charge is 0.271 e. The normalized spacial score (nSPS) is 10.1. The number of carbonyl (C=O) groups is 2. The summed E-state index contributed by atoms with van der Waals surface area (Å²) in [5.41, 5.74) is 0.838. The molecule has 0 fully saturated rings. The summed E-state index contributed by atoms with van der Waals surface area (Å²) in [4.78, 5) is 35.3. The average molecular weight is 378 g/mol. The zero-order chi connectivity index (χ0) is 19.3. The van der Waals surface area contributed by atoms with E-state index in [9.17, 15) is 19.7 Å². The van der Waals surface area contributed by atoms with Crippen molar-refractivity contribution in [1.29, 1.82) is 0 Å². The van der Waals surface area contributed by atoms with Crippen molar-refractivity contribution in [3.8, 4) is 5.75 Å². The van der Waals surface area contributed by atoms with E-state index in [-0.39, 0.29) is 29.0 Å². The largest absolute Gasteiger partial charge is 0.482 e. The fourth-order valence-electron chi connectivity index (χ4n) is 2.02. The molecule has 9 heteroatoms. The number of ether oxygens (including phenoxy) is 1. The van der Waals surface area contributed by atoms with Crippen LogP contribution in [0, 0.1) is 10.1 Å². The van der Waals surface area contributed by atoms with Crippen molar-refractivity contribution in [3.63, 3.8) is 0 Å². The molecular weight excluding hydrogens is 362 g/mol. The maximum Gasteiger partial charge on any atom is 0.271 e. The molecule has 1 N–H and O–H groups in total. The molecule has 0 heterocycles. The van der Waals surface area contributed by atoms with E-state index in [4.69, 9.17) is 16.3 Å². The number of benzene rings is 2. The minimum absolute atomic E-state index is 0.0403. The van der Waals surface area contributed by atoms with Crippen LogP contribution in [-0.2, 0) is 4.79 Å². The number of amides is 2. The predicted molar refractivity (Wildman–Crippen MR) is 96.7 cm³/mol. The zero-order valence-electron chi connectivity index (χ0n) is 14.1. The first-order valence-electron chi connectivity index (χ1n) is 7.46. The van der Waals surface area contributed by atoms with Gasteiger partial charge in [0.05, 0.1) is 9.95 Å². The number of nitrogens with zero attached hydrogens (tertiary/aromatic N) is 2. The Bertz CT molecular complexity index is 837. The van der Waals surface area contributed by atoms with Gasteiger partial charge in [0, 0.05) is 37.5 Å². The maximum absolute atomic E-state index is 11.9. The molecule has 0 saturated carbocycles. The Hall–Kier alpha value is -3.13. The quantitative estimate of drug-likeness (QED) is 0.616. The lowest BCUT2D eigenvalue weighted by Crippen LogP contribution is -2.22. The number of halogens is 1. The molecular formula is C17H16ClN3O5. The Balaban J connectivity index is 1.93. The number of non-ortho nitro benzene ring substituents is 1. The lowest BCUT2D eigenvalue weighted by Gasteiger charge is -2.11. The molecule has 2 rings (SSSR count). The van der Waals surface area contributed by atoms with Gasteiger partial charge in [0.25, 0.3) is 17.5 Å². The van der Waals surface area contributed by atoms with E-state index in [0.717, 1.165) is 6.07 Å². The van der Waals surface area contributed by atoms with Crippen molar-refractivity contribution in [2.24, 2.45) is 0 Å². The van der Waals surface area contributed by atoms with Gasteiger partial charge in [-0.2, -0.15) is 0 Å². The minimum atomic E-state index is -0.576. The van der Waals surface area contributed by atoms with Gasteiger partial charge in [-0.05, 0) is 30.3 Å². The lowest BCUT2D eigenvalue weighted by atomic mass is 10.2. The summed E-state index contributed by atoms with van der Waals surface area (Å²) in [6, 6.07) is 10.1. The fourth-order valence-corrected chi connectivity index (χ4v) is 2.24. The first-order chi connectivity index (χ1) is 12.3. The van der Waals surface area contributed by atoms with Crippen LogP contribution in [0.4, 0.5) is 11.4 Å². The highest BCUT2D eigenvalue weighted by Crippen LogP contribution is 2.28. The molecule has 0 unspecified atom stereocenters. The van der Waals surface area contributed by atoms with Crippen molar-refractivity contribution in [3.05, 3.63) is 63.2 Å². The molecule has 136 valence electrons. The number of hydrogen-bond acceptors (Lipinski definition) is 5. The molecule has 2 aromatic rings. The van der Waals surface area contributed by atoms with E-state index >= 15 is 0 Å². The number of carbonyl (C=O) groups excluding carboxylic acids is 2. The fraction of sp³-hybridized carbons (Fsp3) is 0.176. The van der Waals surface area contributed by atoms with Crippen LogP contribution in [0.25, 0.3) is 0 Å². The third kappa shape index (κ3) is 4.93. The summed E-state index contributed by atoms with van der Waals surface area (Å²) < 4.78 is 5.27. The van der Waals surface area contributed by atoms with E-state index in [2.05, 4.69) is 5.32 Å². The predicted octanol–water partition coefficient (Wildman–Crippen LogP) is 2.97. The van der Waals surface area contributed by atoms with Gasteiger partial charge in [-0.15, -0.1) is 0 Å². The third-order valence-corrected chi connectivity index (χ3v) is 3.60. The van der Waals surface area contributed by atoms with Gasteiger partial charge in [0.15, 0.2) is 6.61 Å².